The molecule has 512 valence electrons. The largest absolute Gasteiger partial charge is 0.472 e. The third-order valence-corrected chi connectivity index (χ3v) is 17.6. The van der Waals surface area contributed by atoms with Gasteiger partial charge in [-0.05, 0) is 83.1 Å². The van der Waals surface area contributed by atoms with E-state index in [1.807, 2.05) is 33.3 Å². The summed E-state index contributed by atoms with van der Waals surface area (Å²) in [5.41, 5.74) is 0. The van der Waals surface area contributed by atoms with Crippen LogP contribution in [0.3, 0.4) is 0 Å². The molecule has 0 aromatic heterocycles. The minimum absolute atomic E-state index is 0.0353. The van der Waals surface area contributed by atoms with E-state index in [9.17, 15) is 19.0 Å². The van der Waals surface area contributed by atoms with Gasteiger partial charge in [0.2, 0.25) is 5.91 Å². The van der Waals surface area contributed by atoms with Crippen LogP contribution in [0.1, 0.15) is 348 Å². The summed E-state index contributed by atoms with van der Waals surface area (Å²) in [6.45, 7) is 6.93. The lowest BCUT2D eigenvalue weighted by Crippen LogP contribution is -2.47. The van der Waals surface area contributed by atoms with Gasteiger partial charge in [-0.1, -0.05) is 337 Å². The zero-order valence-corrected chi connectivity index (χ0v) is 59.6. The summed E-state index contributed by atoms with van der Waals surface area (Å²) < 4.78 is 30.9. The molecule has 3 unspecified atom stereocenters. The van der Waals surface area contributed by atoms with E-state index in [2.05, 4.69) is 99.0 Å². The highest BCUT2D eigenvalue weighted by molar-refractivity contribution is 7.47. The number of nitrogens with zero attached hydrogens (tertiary/aromatic N) is 1. The van der Waals surface area contributed by atoms with Gasteiger partial charge in [-0.2, -0.15) is 0 Å². The van der Waals surface area contributed by atoms with Gasteiger partial charge in [0.25, 0.3) is 0 Å². The Kier molecular flexibility index (Phi) is 64.9. The number of phosphoric acid groups is 1. The summed E-state index contributed by atoms with van der Waals surface area (Å²) in [4.78, 5) is 38.0. The Hall–Kier alpha value is -2.81. The second-order valence-corrected chi connectivity index (χ2v) is 27.9. The number of unbranched alkanes of at least 4 members (excludes halogenated alkanes) is 40. The van der Waals surface area contributed by atoms with Crippen molar-refractivity contribution in [1.29, 1.82) is 0 Å². The molecule has 0 aliphatic heterocycles. The molecule has 0 aliphatic carbocycles. The van der Waals surface area contributed by atoms with Crippen LogP contribution >= 0.6 is 7.82 Å². The molecule has 0 aromatic rings. The molecule has 2 N–H and O–H groups in total. The molecule has 0 radical (unpaired) electrons. The molecule has 0 spiro atoms. The molecule has 9 nitrogen and oxygen atoms in total. The van der Waals surface area contributed by atoms with Crippen LogP contribution in [-0.2, 0) is 27.9 Å². The number of rotatable bonds is 68. The van der Waals surface area contributed by atoms with E-state index in [-0.39, 0.29) is 31.5 Å². The first-order valence-corrected chi connectivity index (χ1v) is 38.9. The molecule has 0 fully saturated rings. The van der Waals surface area contributed by atoms with Crippen LogP contribution < -0.4 is 5.32 Å². The maximum absolute atomic E-state index is 13.6. The van der Waals surface area contributed by atoms with Crippen LogP contribution in [0.25, 0.3) is 0 Å². The number of hydrogen-bond acceptors (Lipinski definition) is 6. The van der Waals surface area contributed by atoms with Crippen LogP contribution in [0.2, 0.25) is 0 Å². The Morgan fingerprint density at radius 3 is 1.09 bits per heavy atom. The van der Waals surface area contributed by atoms with E-state index in [4.69, 9.17) is 13.8 Å². The molecule has 3 atom stereocenters. The van der Waals surface area contributed by atoms with Crippen LogP contribution in [0.4, 0.5) is 0 Å². The fourth-order valence-corrected chi connectivity index (χ4v) is 11.6. The van der Waals surface area contributed by atoms with Crippen LogP contribution in [0.5, 0.6) is 0 Å². The molecular weight excluding hydrogens is 1110 g/mol. The molecule has 0 aromatic carbocycles. The summed E-state index contributed by atoms with van der Waals surface area (Å²) in [6, 6.07) is -0.860. The highest BCUT2D eigenvalue weighted by Gasteiger charge is 2.30. The lowest BCUT2D eigenvalue weighted by molar-refractivity contribution is -0.870. The van der Waals surface area contributed by atoms with Gasteiger partial charge >= 0.3 is 13.8 Å². The van der Waals surface area contributed by atoms with Gasteiger partial charge in [0.15, 0.2) is 0 Å². The number of ether oxygens (including phenoxy) is 1. The first kappa shape index (κ1) is 85.2. The Balaban J connectivity index is 5.03. The zero-order chi connectivity index (χ0) is 64.2. The van der Waals surface area contributed by atoms with E-state index in [1.54, 1.807) is 0 Å². The number of carbonyl (C=O) groups is 2. The normalized spacial score (nSPS) is 13.9. The molecule has 1 amide bonds. The minimum Gasteiger partial charge on any atom is -0.456 e. The summed E-state index contributed by atoms with van der Waals surface area (Å²) in [5, 5.41) is 3.07. The summed E-state index contributed by atoms with van der Waals surface area (Å²) in [7, 11) is 1.49. The van der Waals surface area contributed by atoms with E-state index < -0.39 is 20.0 Å². The first-order chi connectivity index (χ1) is 42.9. The molecule has 0 rings (SSSR count). The summed E-state index contributed by atoms with van der Waals surface area (Å²) >= 11 is 0. The number of hydrogen-bond donors (Lipinski definition) is 2. The van der Waals surface area contributed by atoms with Gasteiger partial charge in [-0.15, -0.1) is 0 Å². The van der Waals surface area contributed by atoms with Crippen LogP contribution in [0.15, 0.2) is 85.1 Å². The van der Waals surface area contributed by atoms with Gasteiger partial charge in [0.1, 0.15) is 19.3 Å². The Morgan fingerprint density at radius 1 is 0.409 bits per heavy atom. The van der Waals surface area contributed by atoms with Crippen molar-refractivity contribution in [3.63, 3.8) is 0 Å². The van der Waals surface area contributed by atoms with E-state index >= 15 is 0 Å². The van der Waals surface area contributed by atoms with Gasteiger partial charge in [-0.3, -0.25) is 18.6 Å². The fourth-order valence-electron chi connectivity index (χ4n) is 10.9. The summed E-state index contributed by atoms with van der Waals surface area (Å²) in [6.07, 6.45) is 90.4. The lowest BCUT2D eigenvalue weighted by Gasteiger charge is -2.27. The van der Waals surface area contributed by atoms with Crippen molar-refractivity contribution in [3.8, 4) is 0 Å². The van der Waals surface area contributed by atoms with Crippen molar-refractivity contribution in [1.82, 2.24) is 5.32 Å². The standard InChI is InChI=1S/C78H143N2O7P/c1-7-10-13-16-19-22-25-28-30-32-34-36-38-40-42-44-46-48-50-52-55-58-61-64-67-70-77(81)79-75(74-86-88(83,84)85-73-72-80(4,5)6)76(69-66-63-60-57-54-27-24-21-18-15-12-9-3)87-78(82)71-68-65-62-59-56-53-51-49-47-45-43-41-39-37-35-33-31-29-26-23-20-17-14-11-8-2/h10,13,19,22,28,30,34,36,40,42,46,48,66,69,75-76H,7-9,11-12,14-18,20-21,23-27,29,31-33,35,37-39,41,43-45,47,49-65,67-68,70-74H2,1-6H3,(H-,79,81,83,84)/p+1/b13-10-,22-19-,30-28-,36-34-,42-40-,48-46-,69-66+. The van der Waals surface area contributed by atoms with Gasteiger partial charge in [-0.25, -0.2) is 4.57 Å². The Labute approximate surface area is 546 Å². The number of quaternary nitrogens is 1. The minimum atomic E-state index is -4.46. The number of esters is 1. The monoisotopic (exact) mass is 1250 g/mol. The Bertz CT molecular complexity index is 1780. The second-order valence-electron chi connectivity index (χ2n) is 26.4. The highest BCUT2D eigenvalue weighted by atomic mass is 31.2. The lowest BCUT2D eigenvalue weighted by atomic mass is 10.0. The van der Waals surface area contributed by atoms with Gasteiger partial charge in [0, 0.05) is 12.8 Å². The molecule has 88 heavy (non-hydrogen) atoms. The SMILES string of the molecule is CC/C=C\C/C=C\C/C=C\C/C=C\C/C=C\C/C=C\CCCCCCCCC(=O)NC(COP(=O)(O)OCC[N+](C)(C)C)C(/C=C/CCCCCCCCCCCC)OC(=O)CCCCCCCCCCCCCCCCCCCCCCCCCCC. The number of nitrogens with one attached hydrogen (secondary N) is 1. The smallest absolute Gasteiger partial charge is 0.456 e. The molecule has 0 aliphatic rings. The topological polar surface area (TPSA) is 111 Å². The van der Waals surface area contributed by atoms with Crippen molar-refractivity contribution in [3.05, 3.63) is 85.1 Å². The molecule has 0 bridgehead atoms. The van der Waals surface area contributed by atoms with E-state index in [1.165, 1.54) is 193 Å². The molecule has 0 saturated heterocycles. The Morgan fingerprint density at radius 2 is 0.727 bits per heavy atom. The number of amides is 1. The number of allylic oxidation sites excluding steroid dienone is 13. The van der Waals surface area contributed by atoms with Crippen molar-refractivity contribution < 1.29 is 37.3 Å². The molecule has 0 saturated carbocycles. The molecular formula is C78H144N2O7P+. The fraction of sp³-hybridized carbons (Fsp3) is 0.795. The predicted octanol–water partition coefficient (Wildman–Crippen LogP) is 24.1. The third kappa shape index (κ3) is 67.6. The second kappa shape index (κ2) is 67.1. The van der Waals surface area contributed by atoms with E-state index in [0.29, 0.717) is 17.4 Å². The van der Waals surface area contributed by atoms with Gasteiger partial charge in [0.05, 0.1) is 33.8 Å². The predicted molar refractivity (Wildman–Crippen MR) is 383 cm³/mol. The zero-order valence-electron chi connectivity index (χ0n) is 58.7. The van der Waals surface area contributed by atoms with Crippen LogP contribution in [-0.4, -0.2) is 74.3 Å². The van der Waals surface area contributed by atoms with Crippen molar-refractivity contribution >= 4 is 19.7 Å². The number of phosphoric ester groups is 1. The van der Waals surface area contributed by atoms with Crippen molar-refractivity contribution in [2.45, 2.75) is 360 Å². The van der Waals surface area contributed by atoms with Crippen molar-refractivity contribution in [2.24, 2.45) is 0 Å². The summed E-state index contributed by atoms with van der Waals surface area (Å²) in [5.74, 6) is -0.511. The highest BCUT2D eigenvalue weighted by Crippen LogP contribution is 2.43. The quantitative estimate of drug-likeness (QED) is 0.0205. The number of likely N-dealkylation sites (N-methyl/N-ethyl adjacent to an activating group) is 1. The van der Waals surface area contributed by atoms with E-state index in [0.717, 1.165) is 122 Å². The van der Waals surface area contributed by atoms with Crippen LogP contribution in [0, 0.1) is 0 Å². The average Bonchev–Trinajstić information content (AvgIpc) is 3.71. The molecule has 10 heteroatoms. The third-order valence-electron chi connectivity index (χ3n) is 16.6. The number of carbonyl (C=O) groups excluding carboxylic acids is 2. The maximum Gasteiger partial charge on any atom is 0.472 e. The molecule has 0 heterocycles. The average molecular weight is 1250 g/mol. The van der Waals surface area contributed by atoms with Crippen molar-refractivity contribution in [2.75, 3.05) is 40.9 Å². The maximum atomic E-state index is 13.6. The van der Waals surface area contributed by atoms with Gasteiger partial charge < -0.3 is 19.4 Å². The first-order valence-electron chi connectivity index (χ1n) is 37.4.